The van der Waals surface area contributed by atoms with Crippen molar-refractivity contribution in [3.63, 3.8) is 0 Å². The second-order valence-electron chi connectivity index (χ2n) is 4.93. The number of nitrogens with one attached hydrogen (secondary N) is 1. The zero-order valence-electron chi connectivity index (χ0n) is 11.0. The molecule has 18 heavy (non-hydrogen) atoms. The topological polar surface area (TPSA) is 71.5 Å². The van der Waals surface area contributed by atoms with Gasteiger partial charge in [-0.05, 0) is 38.3 Å². The number of hydrogen-bond acceptors (Lipinski definition) is 4. The summed E-state index contributed by atoms with van der Waals surface area (Å²) in [5.41, 5.74) is 2.66. The Morgan fingerprint density at radius 3 is 2.89 bits per heavy atom. The van der Waals surface area contributed by atoms with Crippen LogP contribution in [0.2, 0.25) is 0 Å². The minimum absolute atomic E-state index is 0.298. The molecule has 5 heteroatoms. The van der Waals surface area contributed by atoms with Crippen LogP contribution in [0.1, 0.15) is 41.6 Å². The first kappa shape index (κ1) is 13.1. The largest absolute Gasteiger partial charge is 0.464 e. The number of carbonyl (C=O) groups is 1. The van der Waals surface area contributed by atoms with Gasteiger partial charge in [-0.3, -0.25) is 15.1 Å². The van der Waals surface area contributed by atoms with E-state index in [2.05, 4.69) is 17.2 Å². The number of hydrogen-bond donors (Lipinski definition) is 2. The summed E-state index contributed by atoms with van der Waals surface area (Å²) in [4.78, 5) is 13.8. The lowest BCUT2D eigenvalue weighted by Gasteiger charge is -2.18. The van der Waals surface area contributed by atoms with Crippen molar-refractivity contribution in [2.45, 2.75) is 33.2 Å². The van der Waals surface area contributed by atoms with Crippen LogP contribution in [0.3, 0.4) is 0 Å². The zero-order chi connectivity index (χ0) is 13.1. The first-order chi connectivity index (χ1) is 8.63. The number of carbonyl (C=O) groups excluding carboxylic acids is 1. The second kappa shape index (κ2) is 5.54. The number of amides is 1. The summed E-state index contributed by atoms with van der Waals surface area (Å²) in [5, 5.41) is 0. The number of nitrogens with two attached hydrogens (primary N) is 1. The van der Waals surface area contributed by atoms with Gasteiger partial charge in [0.15, 0.2) is 0 Å². The molecule has 1 aromatic rings. The fourth-order valence-corrected chi connectivity index (χ4v) is 2.12. The van der Waals surface area contributed by atoms with Gasteiger partial charge in [0.05, 0.1) is 12.1 Å². The molecule has 1 aliphatic rings. The Kier molecular flexibility index (Phi) is 4.04. The monoisotopic (exact) mass is 251 g/mol. The van der Waals surface area contributed by atoms with E-state index in [1.165, 1.54) is 12.8 Å². The normalized spacial score (nSPS) is 15.1. The van der Waals surface area contributed by atoms with E-state index in [0.717, 1.165) is 31.3 Å². The zero-order valence-corrected chi connectivity index (χ0v) is 11.0. The van der Waals surface area contributed by atoms with Crippen molar-refractivity contribution < 1.29 is 9.21 Å². The molecule has 3 N–H and O–H groups in total. The molecule has 1 amide bonds. The van der Waals surface area contributed by atoms with Crippen LogP contribution in [0, 0.1) is 12.8 Å². The molecule has 1 heterocycles. The van der Waals surface area contributed by atoms with E-state index in [1.54, 1.807) is 13.0 Å². The number of hydrazine groups is 1. The summed E-state index contributed by atoms with van der Waals surface area (Å²) >= 11 is 0. The molecule has 100 valence electrons. The summed E-state index contributed by atoms with van der Waals surface area (Å²) in [5.74, 6) is 7.14. The average molecular weight is 251 g/mol. The molecule has 1 aromatic heterocycles. The predicted octanol–water partition coefficient (Wildman–Crippen LogP) is 1.42. The van der Waals surface area contributed by atoms with Crippen LogP contribution in [-0.2, 0) is 6.54 Å². The summed E-state index contributed by atoms with van der Waals surface area (Å²) < 4.78 is 5.61. The summed E-state index contributed by atoms with van der Waals surface area (Å²) in [6, 6.07) is 1.78. The van der Waals surface area contributed by atoms with E-state index in [9.17, 15) is 4.79 Å². The summed E-state index contributed by atoms with van der Waals surface area (Å²) in [7, 11) is 0. The van der Waals surface area contributed by atoms with Gasteiger partial charge in [0.2, 0.25) is 0 Å². The average Bonchev–Trinajstić information content (AvgIpc) is 3.10. The molecule has 1 saturated carbocycles. The quantitative estimate of drug-likeness (QED) is 0.456. The molecule has 0 radical (unpaired) electrons. The smallest absolute Gasteiger partial charge is 0.268 e. The molecule has 0 spiro atoms. The Morgan fingerprint density at radius 1 is 1.61 bits per heavy atom. The highest BCUT2D eigenvalue weighted by Crippen LogP contribution is 2.30. The van der Waals surface area contributed by atoms with Gasteiger partial charge in [-0.2, -0.15) is 0 Å². The molecule has 0 bridgehead atoms. The first-order valence-corrected chi connectivity index (χ1v) is 6.46. The fraction of sp³-hybridized carbons (Fsp3) is 0.615. The van der Waals surface area contributed by atoms with Crippen LogP contribution in [0.25, 0.3) is 0 Å². The van der Waals surface area contributed by atoms with Crippen LogP contribution in [0.4, 0.5) is 0 Å². The third kappa shape index (κ3) is 3.11. The number of aryl methyl sites for hydroxylation is 1. The molecule has 0 atom stereocenters. The van der Waals surface area contributed by atoms with Gasteiger partial charge in [-0.25, -0.2) is 5.84 Å². The van der Waals surface area contributed by atoms with Crippen molar-refractivity contribution >= 4 is 5.91 Å². The highest BCUT2D eigenvalue weighted by Gasteiger charge is 2.24. The highest BCUT2D eigenvalue weighted by molar-refractivity contribution is 5.94. The number of furan rings is 1. The maximum atomic E-state index is 11.5. The number of nitrogens with zero attached hydrogens (tertiary/aromatic N) is 1. The van der Waals surface area contributed by atoms with Gasteiger partial charge in [0.1, 0.15) is 11.5 Å². The molecule has 0 saturated heterocycles. The first-order valence-electron chi connectivity index (χ1n) is 6.46. The van der Waals surface area contributed by atoms with Crippen LogP contribution in [0.5, 0.6) is 0 Å². The third-order valence-corrected chi connectivity index (χ3v) is 3.38. The molecule has 2 rings (SSSR count). The van der Waals surface area contributed by atoms with Crippen molar-refractivity contribution in [1.29, 1.82) is 0 Å². The highest BCUT2D eigenvalue weighted by atomic mass is 16.3. The van der Waals surface area contributed by atoms with Gasteiger partial charge in [0, 0.05) is 6.54 Å². The van der Waals surface area contributed by atoms with Crippen LogP contribution in [0.15, 0.2) is 10.5 Å². The van der Waals surface area contributed by atoms with Crippen LogP contribution >= 0.6 is 0 Å². The Morgan fingerprint density at radius 2 is 2.33 bits per heavy atom. The Bertz CT molecular complexity index is 424. The molecular weight excluding hydrogens is 230 g/mol. The Hall–Kier alpha value is -1.33. The Labute approximate surface area is 107 Å². The lowest BCUT2D eigenvalue weighted by molar-refractivity contribution is 0.0952. The number of nitrogen functional groups attached to an aromatic ring is 1. The standard InChI is InChI=1S/C13H21N3O2/c1-3-16(7-10-4-5-10)8-11-6-12(9(2)18-11)13(17)15-14/h6,10H,3-5,7-8,14H2,1-2H3,(H,15,17). The molecule has 1 fully saturated rings. The predicted molar refractivity (Wildman–Crippen MR) is 68.8 cm³/mol. The van der Waals surface area contributed by atoms with Gasteiger partial charge in [-0.1, -0.05) is 6.92 Å². The van der Waals surface area contributed by atoms with Crippen molar-refractivity contribution in [1.82, 2.24) is 10.3 Å². The fourth-order valence-electron chi connectivity index (χ4n) is 2.12. The van der Waals surface area contributed by atoms with Gasteiger partial charge < -0.3 is 4.42 Å². The van der Waals surface area contributed by atoms with E-state index < -0.39 is 0 Å². The number of rotatable bonds is 6. The van der Waals surface area contributed by atoms with Crippen LogP contribution < -0.4 is 11.3 Å². The summed E-state index contributed by atoms with van der Waals surface area (Å²) in [6.45, 7) is 6.80. The van der Waals surface area contributed by atoms with Gasteiger partial charge >= 0.3 is 0 Å². The van der Waals surface area contributed by atoms with Crippen molar-refractivity contribution in [3.8, 4) is 0 Å². The molecule has 0 aromatic carbocycles. The van der Waals surface area contributed by atoms with E-state index in [1.807, 2.05) is 0 Å². The molecule has 0 aliphatic heterocycles. The maximum absolute atomic E-state index is 11.5. The molecule has 1 aliphatic carbocycles. The summed E-state index contributed by atoms with van der Waals surface area (Å²) in [6.07, 6.45) is 2.68. The van der Waals surface area contributed by atoms with Crippen molar-refractivity contribution in [3.05, 3.63) is 23.2 Å². The molecular formula is C13H21N3O2. The third-order valence-electron chi connectivity index (χ3n) is 3.38. The van der Waals surface area contributed by atoms with Gasteiger partial charge in [-0.15, -0.1) is 0 Å². The van der Waals surface area contributed by atoms with Gasteiger partial charge in [0.25, 0.3) is 5.91 Å². The Balaban J connectivity index is 2.01. The van der Waals surface area contributed by atoms with Crippen molar-refractivity contribution in [2.24, 2.45) is 11.8 Å². The lowest BCUT2D eigenvalue weighted by Crippen LogP contribution is -2.30. The molecule has 0 unspecified atom stereocenters. The van der Waals surface area contributed by atoms with E-state index in [4.69, 9.17) is 10.3 Å². The van der Waals surface area contributed by atoms with Crippen molar-refractivity contribution in [2.75, 3.05) is 13.1 Å². The SMILES string of the molecule is CCN(Cc1cc(C(=O)NN)c(C)o1)CC1CC1. The van der Waals surface area contributed by atoms with E-state index in [-0.39, 0.29) is 5.91 Å². The minimum atomic E-state index is -0.298. The van der Waals surface area contributed by atoms with Crippen LogP contribution in [-0.4, -0.2) is 23.9 Å². The van der Waals surface area contributed by atoms with E-state index >= 15 is 0 Å². The second-order valence-corrected chi connectivity index (χ2v) is 4.93. The maximum Gasteiger partial charge on any atom is 0.268 e. The minimum Gasteiger partial charge on any atom is -0.464 e. The lowest BCUT2D eigenvalue weighted by atomic mass is 10.2. The van der Waals surface area contributed by atoms with E-state index in [0.29, 0.717) is 11.3 Å². The molecule has 5 nitrogen and oxygen atoms in total.